The largest absolute Gasteiger partial charge is 0.396 e. The zero-order chi connectivity index (χ0) is 11.9. The Hall–Kier alpha value is -0.180. The molecule has 0 amide bonds. The van der Waals surface area contributed by atoms with E-state index >= 15 is 0 Å². The van der Waals surface area contributed by atoms with Crippen molar-refractivity contribution in [3.63, 3.8) is 0 Å². The molecule has 6 nitrogen and oxygen atoms in total. The monoisotopic (exact) mass is 259 g/mol. The molecule has 8 heteroatoms. The van der Waals surface area contributed by atoms with Crippen LogP contribution in [0.15, 0.2) is 0 Å². The standard InChI is InChI=1S/C7H17NO5S2/c1-14(10,11)6-7-15(12,13)8-4-2-3-5-9/h8-9H,2-7H2,1H3. The highest BCUT2D eigenvalue weighted by molar-refractivity contribution is 7.93. The predicted octanol–water partition coefficient (Wildman–Crippen LogP) is -1.28. The highest BCUT2D eigenvalue weighted by Gasteiger charge is 2.13. The Kier molecular flexibility index (Phi) is 6.34. The van der Waals surface area contributed by atoms with Crippen molar-refractivity contribution in [1.82, 2.24) is 4.72 Å². The number of nitrogens with one attached hydrogen (secondary N) is 1. The number of hydrogen-bond acceptors (Lipinski definition) is 5. The van der Waals surface area contributed by atoms with E-state index in [0.717, 1.165) is 6.26 Å². The number of sulfone groups is 1. The molecule has 0 fully saturated rings. The second kappa shape index (κ2) is 6.41. The van der Waals surface area contributed by atoms with Crippen molar-refractivity contribution in [3.05, 3.63) is 0 Å². The highest BCUT2D eigenvalue weighted by Crippen LogP contribution is 1.91. The fraction of sp³-hybridized carbons (Fsp3) is 1.00. The van der Waals surface area contributed by atoms with Crippen molar-refractivity contribution in [1.29, 1.82) is 0 Å². The molecule has 0 atom stereocenters. The molecule has 15 heavy (non-hydrogen) atoms. The Labute approximate surface area is 90.7 Å². The van der Waals surface area contributed by atoms with Gasteiger partial charge in [0.15, 0.2) is 0 Å². The van der Waals surface area contributed by atoms with Crippen molar-refractivity contribution in [3.8, 4) is 0 Å². The van der Waals surface area contributed by atoms with Gasteiger partial charge in [0.2, 0.25) is 10.0 Å². The second-order valence-electron chi connectivity index (χ2n) is 3.27. The van der Waals surface area contributed by atoms with Crippen molar-refractivity contribution in [2.75, 3.05) is 30.9 Å². The van der Waals surface area contributed by atoms with Gasteiger partial charge in [0.1, 0.15) is 9.84 Å². The van der Waals surface area contributed by atoms with Gasteiger partial charge < -0.3 is 5.11 Å². The Morgan fingerprint density at radius 1 is 1.07 bits per heavy atom. The molecule has 0 saturated carbocycles. The minimum Gasteiger partial charge on any atom is -0.396 e. The normalized spacial score (nSPS) is 12.9. The van der Waals surface area contributed by atoms with E-state index in [1.807, 2.05) is 0 Å². The lowest BCUT2D eigenvalue weighted by atomic mass is 10.3. The van der Waals surface area contributed by atoms with E-state index in [2.05, 4.69) is 4.72 Å². The van der Waals surface area contributed by atoms with Crippen LogP contribution in [-0.4, -0.2) is 52.9 Å². The predicted molar refractivity (Wildman–Crippen MR) is 57.8 cm³/mol. The fourth-order valence-electron chi connectivity index (χ4n) is 0.798. The minimum absolute atomic E-state index is 0.0189. The van der Waals surface area contributed by atoms with E-state index in [1.165, 1.54) is 0 Å². The summed E-state index contributed by atoms with van der Waals surface area (Å²) in [4.78, 5) is 0. The maximum absolute atomic E-state index is 11.2. The Morgan fingerprint density at radius 3 is 2.13 bits per heavy atom. The highest BCUT2D eigenvalue weighted by atomic mass is 32.2. The molecule has 2 N–H and O–H groups in total. The first kappa shape index (κ1) is 14.8. The second-order valence-corrected chi connectivity index (χ2v) is 7.46. The van der Waals surface area contributed by atoms with Crippen LogP contribution < -0.4 is 4.72 Å². The average Bonchev–Trinajstić information content (AvgIpc) is 2.09. The van der Waals surface area contributed by atoms with Crippen molar-refractivity contribution < 1.29 is 21.9 Å². The molecule has 0 unspecified atom stereocenters. The molecule has 0 aliphatic rings. The number of rotatable bonds is 8. The Balaban J connectivity index is 3.88. The first-order chi connectivity index (χ1) is 6.77. The molecule has 0 heterocycles. The lowest BCUT2D eigenvalue weighted by Gasteiger charge is -2.05. The fourth-order valence-corrected chi connectivity index (χ4v) is 3.49. The van der Waals surface area contributed by atoms with E-state index in [4.69, 9.17) is 5.11 Å². The maximum Gasteiger partial charge on any atom is 0.212 e. The van der Waals surface area contributed by atoms with Crippen LogP contribution in [0.3, 0.4) is 0 Å². The Morgan fingerprint density at radius 2 is 1.67 bits per heavy atom. The first-order valence-corrected chi connectivity index (χ1v) is 8.24. The molecular weight excluding hydrogens is 242 g/mol. The van der Waals surface area contributed by atoms with Crippen LogP contribution in [-0.2, 0) is 19.9 Å². The van der Waals surface area contributed by atoms with Gasteiger partial charge in [0.25, 0.3) is 0 Å². The molecule has 0 aromatic rings. The summed E-state index contributed by atoms with van der Waals surface area (Å²) >= 11 is 0. The van der Waals surface area contributed by atoms with Crippen LogP contribution in [0.5, 0.6) is 0 Å². The summed E-state index contributed by atoms with van der Waals surface area (Å²) < 4.78 is 46.1. The third kappa shape index (κ3) is 10.1. The van der Waals surface area contributed by atoms with E-state index in [-0.39, 0.29) is 18.9 Å². The van der Waals surface area contributed by atoms with Gasteiger partial charge in [-0.3, -0.25) is 0 Å². The summed E-state index contributed by atoms with van der Waals surface area (Å²) in [5.74, 6) is -0.784. The van der Waals surface area contributed by atoms with Crippen LogP contribution in [0.25, 0.3) is 0 Å². The molecule has 0 spiro atoms. The third-order valence-corrected chi connectivity index (χ3v) is 4.22. The number of unbranched alkanes of at least 4 members (excludes halogenated alkanes) is 1. The molecule has 0 saturated heterocycles. The van der Waals surface area contributed by atoms with Crippen LogP contribution in [0.2, 0.25) is 0 Å². The van der Waals surface area contributed by atoms with Crippen molar-refractivity contribution in [2.45, 2.75) is 12.8 Å². The summed E-state index contributed by atoms with van der Waals surface area (Å²) in [6.07, 6.45) is 2.05. The molecular formula is C7H17NO5S2. The van der Waals surface area contributed by atoms with Gasteiger partial charge in [-0.1, -0.05) is 0 Å². The topological polar surface area (TPSA) is 101 Å². The van der Waals surface area contributed by atoms with Gasteiger partial charge in [-0.15, -0.1) is 0 Å². The van der Waals surface area contributed by atoms with Gasteiger partial charge in [-0.2, -0.15) is 0 Å². The minimum atomic E-state index is -3.51. The van der Waals surface area contributed by atoms with Gasteiger partial charge >= 0.3 is 0 Å². The molecule has 0 aliphatic heterocycles. The number of aliphatic hydroxyl groups excluding tert-OH is 1. The summed E-state index contributed by atoms with van der Waals surface area (Å²) in [6.45, 7) is 0.248. The van der Waals surface area contributed by atoms with Crippen molar-refractivity contribution >= 4 is 19.9 Å². The summed E-state index contributed by atoms with van der Waals surface area (Å²) in [7, 11) is -6.76. The van der Waals surface area contributed by atoms with Crippen LogP contribution in [0.4, 0.5) is 0 Å². The smallest absolute Gasteiger partial charge is 0.212 e. The first-order valence-electron chi connectivity index (χ1n) is 4.53. The summed E-state index contributed by atoms with van der Waals surface area (Å²) in [6, 6.07) is 0. The van der Waals surface area contributed by atoms with E-state index < -0.39 is 25.6 Å². The molecule has 92 valence electrons. The van der Waals surface area contributed by atoms with E-state index in [0.29, 0.717) is 12.8 Å². The lowest BCUT2D eigenvalue weighted by molar-refractivity contribution is 0.285. The molecule has 0 rings (SSSR count). The number of aliphatic hydroxyl groups is 1. The van der Waals surface area contributed by atoms with Crippen LogP contribution >= 0.6 is 0 Å². The lowest BCUT2D eigenvalue weighted by Crippen LogP contribution is -2.30. The zero-order valence-corrected chi connectivity index (χ0v) is 10.3. The molecule has 0 aromatic carbocycles. The van der Waals surface area contributed by atoms with Crippen LogP contribution in [0.1, 0.15) is 12.8 Å². The summed E-state index contributed by atoms with van der Waals surface area (Å²) in [5.41, 5.74) is 0. The van der Waals surface area contributed by atoms with Gasteiger partial charge in [-0.05, 0) is 12.8 Å². The van der Waals surface area contributed by atoms with Gasteiger partial charge in [0.05, 0.1) is 11.5 Å². The van der Waals surface area contributed by atoms with Crippen LogP contribution in [0, 0.1) is 0 Å². The maximum atomic E-state index is 11.2. The molecule has 0 aromatic heterocycles. The molecule has 0 radical (unpaired) electrons. The van der Waals surface area contributed by atoms with E-state index in [1.54, 1.807) is 0 Å². The Bertz CT molecular complexity index is 359. The number of sulfonamides is 1. The quantitative estimate of drug-likeness (QED) is 0.529. The average molecular weight is 259 g/mol. The SMILES string of the molecule is CS(=O)(=O)CCS(=O)(=O)NCCCCO. The van der Waals surface area contributed by atoms with E-state index in [9.17, 15) is 16.8 Å². The number of hydrogen-bond donors (Lipinski definition) is 2. The zero-order valence-electron chi connectivity index (χ0n) is 8.64. The molecule has 0 bridgehead atoms. The van der Waals surface area contributed by atoms with Gasteiger partial charge in [0, 0.05) is 19.4 Å². The molecule has 0 aliphatic carbocycles. The summed E-state index contributed by atoms with van der Waals surface area (Å²) in [5, 5.41) is 8.45. The van der Waals surface area contributed by atoms with Gasteiger partial charge in [-0.25, -0.2) is 21.6 Å². The van der Waals surface area contributed by atoms with Crippen molar-refractivity contribution in [2.24, 2.45) is 0 Å². The third-order valence-electron chi connectivity index (χ3n) is 1.63.